The van der Waals surface area contributed by atoms with Crippen molar-refractivity contribution in [1.29, 1.82) is 0 Å². The molecule has 0 saturated heterocycles. The van der Waals surface area contributed by atoms with Crippen molar-refractivity contribution in [3.05, 3.63) is 29.8 Å². The Morgan fingerprint density at radius 2 is 2.00 bits per heavy atom. The van der Waals surface area contributed by atoms with Gasteiger partial charge in [0.2, 0.25) is 5.91 Å². The van der Waals surface area contributed by atoms with Crippen LogP contribution in [0.5, 0.6) is 0 Å². The van der Waals surface area contributed by atoms with Crippen molar-refractivity contribution < 1.29 is 4.79 Å². The topological polar surface area (TPSA) is 46.3 Å². The van der Waals surface area contributed by atoms with Gasteiger partial charge in [-0.05, 0) is 43.4 Å². The third-order valence-corrected chi connectivity index (χ3v) is 3.67. The predicted octanol–water partition coefficient (Wildman–Crippen LogP) is 2.99. The molecule has 1 aliphatic carbocycles. The number of aryl methyl sites for hydroxylation is 1. The minimum Gasteiger partial charge on any atom is -0.399 e. The fourth-order valence-corrected chi connectivity index (χ4v) is 2.30. The number of benzene rings is 1. The monoisotopic (exact) mass is 260 g/mol. The Hall–Kier alpha value is -1.51. The quantitative estimate of drug-likeness (QED) is 0.766. The van der Waals surface area contributed by atoms with Gasteiger partial charge in [0.05, 0.1) is 0 Å². The van der Waals surface area contributed by atoms with E-state index in [0.717, 1.165) is 31.5 Å². The molecule has 1 amide bonds. The molecule has 0 aromatic heterocycles. The van der Waals surface area contributed by atoms with Crippen molar-refractivity contribution in [3.8, 4) is 0 Å². The molecule has 0 radical (unpaired) electrons. The number of carbonyl (C=O) groups is 1. The molecule has 1 saturated carbocycles. The van der Waals surface area contributed by atoms with Crippen molar-refractivity contribution in [2.45, 2.75) is 51.5 Å². The molecule has 3 nitrogen and oxygen atoms in total. The first kappa shape index (κ1) is 13.9. The van der Waals surface area contributed by atoms with Gasteiger partial charge < -0.3 is 10.6 Å². The van der Waals surface area contributed by atoms with Crippen LogP contribution < -0.4 is 5.73 Å². The Morgan fingerprint density at radius 3 is 2.58 bits per heavy atom. The van der Waals surface area contributed by atoms with Gasteiger partial charge in [-0.3, -0.25) is 4.79 Å². The summed E-state index contributed by atoms with van der Waals surface area (Å²) in [6.45, 7) is 3.10. The lowest BCUT2D eigenvalue weighted by atomic mass is 10.1. The molecule has 1 aromatic carbocycles. The summed E-state index contributed by atoms with van der Waals surface area (Å²) in [6, 6.07) is 8.35. The number of hydrogen-bond donors (Lipinski definition) is 1. The van der Waals surface area contributed by atoms with Gasteiger partial charge in [-0.2, -0.15) is 0 Å². The summed E-state index contributed by atoms with van der Waals surface area (Å²) in [5, 5.41) is 0. The van der Waals surface area contributed by atoms with E-state index in [1.807, 2.05) is 24.3 Å². The lowest BCUT2D eigenvalue weighted by Crippen LogP contribution is -2.34. The fraction of sp³-hybridized carbons (Fsp3) is 0.562. The smallest absolute Gasteiger partial charge is 0.223 e. The van der Waals surface area contributed by atoms with Gasteiger partial charge in [-0.25, -0.2) is 0 Å². The Bertz CT molecular complexity index is 409. The van der Waals surface area contributed by atoms with Crippen LogP contribution in [0, 0.1) is 0 Å². The summed E-state index contributed by atoms with van der Waals surface area (Å²) in [7, 11) is 0. The van der Waals surface area contributed by atoms with E-state index in [9.17, 15) is 4.79 Å². The van der Waals surface area contributed by atoms with Crippen LogP contribution in [0.25, 0.3) is 0 Å². The second-order valence-electron chi connectivity index (χ2n) is 5.41. The Kier molecular flexibility index (Phi) is 4.83. The average Bonchev–Trinajstić information content (AvgIpc) is 3.23. The molecule has 0 aliphatic heterocycles. The molecule has 2 N–H and O–H groups in total. The zero-order valence-corrected chi connectivity index (χ0v) is 11.8. The predicted molar refractivity (Wildman–Crippen MR) is 78.8 cm³/mol. The van der Waals surface area contributed by atoms with Crippen LogP contribution in [0.2, 0.25) is 0 Å². The van der Waals surface area contributed by atoms with E-state index in [1.54, 1.807) is 0 Å². The van der Waals surface area contributed by atoms with Crippen molar-refractivity contribution in [2.75, 3.05) is 12.3 Å². The summed E-state index contributed by atoms with van der Waals surface area (Å²) in [6.07, 6.45) is 6.08. The van der Waals surface area contributed by atoms with Crippen molar-refractivity contribution >= 4 is 11.6 Å². The molecule has 0 spiro atoms. The Labute approximate surface area is 115 Å². The van der Waals surface area contributed by atoms with Gasteiger partial charge in [0.1, 0.15) is 0 Å². The van der Waals surface area contributed by atoms with E-state index in [4.69, 9.17) is 5.73 Å². The van der Waals surface area contributed by atoms with Crippen LogP contribution >= 0.6 is 0 Å². The lowest BCUT2D eigenvalue weighted by molar-refractivity contribution is -0.131. The van der Waals surface area contributed by atoms with E-state index in [2.05, 4.69) is 11.8 Å². The molecular formula is C16H24N2O. The summed E-state index contributed by atoms with van der Waals surface area (Å²) < 4.78 is 0. The fourth-order valence-electron chi connectivity index (χ4n) is 2.30. The molecule has 1 fully saturated rings. The van der Waals surface area contributed by atoms with E-state index in [1.165, 1.54) is 18.4 Å². The van der Waals surface area contributed by atoms with Gasteiger partial charge in [-0.1, -0.05) is 25.5 Å². The number of amides is 1. The van der Waals surface area contributed by atoms with Crippen LogP contribution in [0.15, 0.2) is 24.3 Å². The number of anilines is 1. The minimum absolute atomic E-state index is 0.313. The van der Waals surface area contributed by atoms with Gasteiger partial charge in [-0.15, -0.1) is 0 Å². The molecule has 19 heavy (non-hydrogen) atoms. The zero-order valence-electron chi connectivity index (χ0n) is 11.8. The first-order valence-corrected chi connectivity index (χ1v) is 7.34. The maximum Gasteiger partial charge on any atom is 0.223 e. The second-order valence-corrected chi connectivity index (χ2v) is 5.41. The number of nitrogens with zero attached hydrogens (tertiary/aromatic N) is 1. The minimum atomic E-state index is 0.313. The van der Waals surface area contributed by atoms with Gasteiger partial charge in [0.15, 0.2) is 0 Å². The first-order chi connectivity index (χ1) is 9.20. The van der Waals surface area contributed by atoms with E-state index in [-0.39, 0.29) is 0 Å². The molecule has 2 rings (SSSR count). The van der Waals surface area contributed by atoms with Crippen molar-refractivity contribution in [3.63, 3.8) is 0 Å². The normalized spacial score (nSPS) is 14.4. The summed E-state index contributed by atoms with van der Waals surface area (Å²) in [5.74, 6) is 0.313. The molecule has 104 valence electrons. The molecular weight excluding hydrogens is 236 g/mol. The highest BCUT2D eigenvalue weighted by atomic mass is 16.2. The van der Waals surface area contributed by atoms with Gasteiger partial charge in [0, 0.05) is 24.7 Å². The maximum atomic E-state index is 12.3. The van der Waals surface area contributed by atoms with Gasteiger partial charge in [0.25, 0.3) is 0 Å². The number of rotatable bonds is 7. The molecule has 0 bridgehead atoms. The number of nitrogens with two attached hydrogens (primary N) is 1. The maximum absolute atomic E-state index is 12.3. The van der Waals surface area contributed by atoms with E-state index >= 15 is 0 Å². The highest BCUT2D eigenvalue weighted by Gasteiger charge is 2.31. The average molecular weight is 260 g/mol. The number of carbonyl (C=O) groups excluding carboxylic acids is 1. The second kappa shape index (κ2) is 6.60. The van der Waals surface area contributed by atoms with Crippen molar-refractivity contribution in [2.24, 2.45) is 0 Å². The van der Waals surface area contributed by atoms with Crippen LogP contribution in [-0.2, 0) is 11.2 Å². The summed E-state index contributed by atoms with van der Waals surface area (Å²) in [5.41, 5.74) is 7.62. The zero-order chi connectivity index (χ0) is 13.7. The highest BCUT2D eigenvalue weighted by molar-refractivity contribution is 5.77. The van der Waals surface area contributed by atoms with Crippen LogP contribution in [0.1, 0.15) is 44.6 Å². The molecule has 3 heteroatoms. The molecule has 1 aliphatic rings. The summed E-state index contributed by atoms with van der Waals surface area (Å²) in [4.78, 5) is 14.4. The van der Waals surface area contributed by atoms with Crippen molar-refractivity contribution in [1.82, 2.24) is 4.90 Å². The number of nitrogen functional groups attached to an aromatic ring is 1. The van der Waals surface area contributed by atoms with Crippen LogP contribution in [0.4, 0.5) is 5.69 Å². The molecule has 1 aromatic rings. The number of hydrogen-bond acceptors (Lipinski definition) is 2. The molecule has 0 atom stereocenters. The third kappa shape index (κ3) is 4.27. The molecule has 0 unspecified atom stereocenters. The third-order valence-electron chi connectivity index (χ3n) is 3.67. The Balaban J connectivity index is 1.83. The summed E-state index contributed by atoms with van der Waals surface area (Å²) >= 11 is 0. The highest BCUT2D eigenvalue weighted by Crippen LogP contribution is 2.28. The number of unbranched alkanes of at least 4 members (excludes halogenated alkanes) is 1. The largest absolute Gasteiger partial charge is 0.399 e. The van der Waals surface area contributed by atoms with Gasteiger partial charge >= 0.3 is 0 Å². The van der Waals surface area contributed by atoms with E-state index < -0.39 is 0 Å². The lowest BCUT2D eigenvalue weighted by Gasteiger charge is -2.22. The Morgan fingerprint density at radius 1 is 1.32 bits per heavy atom. The molecule has 0 heterocycles. The SMILES string of the molecule is CCCCN(C(=O)CCc1ccc(N)cc1)C1CC1. The van der Waals surface area contributed by atoms with Crippen LogP contribution in [-0.4, -0.2) is 23.4 Å². The first-order valence-electron chi connectivity index (χ1n) is 7.34. The standard InChI is InChI=1S/C16H24N2O/c1-2-3-12-18(15-9-10-15)16(19)11-6-13-4-7-14(17)8-5-13/h4-5,7-8,15H,2-3,6,9-12,17H2,1H3. The van der Waals surface area contributed by atoms with Crippen LogP contribution in [0.3, 0.4) is 0 Å². The van der Waals surface area contributed by atoms with E-state index in [0.29, 0.717) is 18.4 Å².